The molecule has 2 aromatic rings. The predicted octanol–water partition coefficient (Wildman–Crippen LogP) is 2.60. The predicted molar refractivity (Wildman–Crippen MR) is 96.5 cm³/mol. The number of amides is 1. The summed E-state index contributed by atoms with van der Waals surface area (Å²) in [5, 5.41) is 12.7. The molecule has 0 saturated carbocycles. The molecule has 0 radical (unpaired) electrons. The fourth-order valence-electron chi connectivity index (χ4n) is 2.95. The number of carbonyl (C=O) groups is 1. The Morgan fingerprint density at radius 3 is 2.56 bits per heavy atom. The van der Waals surface area contributed by atoms with E-state index in [1.54, 1.807) is 31.2 Å². The second kappa shape index (κ2) is 7.53. The highest BCUT2D eigenvalue weighted by molar-refractivity contribution is 5.92. The Kier molecular flexibility index (Phi) is 5.19. The molecule has 1 amide bonds. The number of phenols is 1. The van der Waals surface area contributed by atoms with Crippen molar-refractivity contribution in [2.45, 2.75) is 6.92 Å². The molecule has 5 nitrogen and oxygen atoms in total. The first-order chi connectivity index (χ1) is 12.0. The van der Waals surface area contributed by atoms with Gasteiger partial charge in [-0.15, -0.1) is 0 Å². The molecular weight excluding hydrogens is 321 g/mol. The largest absolute Gasteiger partial charge is 0.506 e. The summed E-state index contributed by atoms with van der Waals surface area (Å²) in [7, 11) is 0. The zero-order valence-electron chi connectivity index (χ0n) is 14.2. The van der Waals surface area contributed by atoms with Crippen molar-refractivity contribution in [3.63, 3.8) is 0 Å². The minimum Gasteiger partial charge on any atom is -0.506 e. The number of nitrogens with zero attached hydrogens (tertiary/aromatic N) is 2. The Hall–Kier alpha value is -2.60. The molecule has 3 rings (SSSR count). The molecule has 0 aliphatic carbocycles. The summed E-state index contributed by atoms with van der Waals surface area (Å²) >= 11 is 0. The number of hydrogen-bond donors (Lipinski definition) is 2. The van der Waals surface area contributed by atoms with Crippen LogP contribution in [0.3, 0.4) is 0 Å². The van der Waals surface area contributed by atoms with Crippen molar-refractivity contribution in [3.8, 4) is 5.75 Å². The third-order valence-electron chi connectivity index (χ3n) is 4.42. The number of carbonyl (C=O) groups excluding carboxylic acids is 1. The number of rotatable bonds is 4. The van der Waals surface area contributed by atoms with E-state index in [4.69, 9.17) is 0 Å². The molecule has 0 spiro atoms. The summed E-state index contributed by atoms with van der Waals surface area (Å²) in [6.07, 6.45) is 0. The van der Waals surface area contributed by atoms with E-state index >= 15 is 0 Å². The van der Waals surface area contributed by atoms with E-state index in [1.165, 1.54) is 6.07 Å². The number of anilines is 2. The van der Waals surface area contributed by atoms with Gasteiger partial charge >= 0.3 is 0 Å². The molecule has 2 N–H and O–H groups in total. The highest BCUT2D eigenvalue weighted by Gasteiger charge is 2.20. The van der Waals surface area contributed by atoms with Crippen LogP contribution >= 0.6 is 0 Å². The molecule has 0 bridgehead atoms. The summed E-state index contributed by atoms with van der Waals surface area (Å²) in [6.45, 7) is 4.89. The van der Waals surface area contributed by atoms with Crippen LogP contribution < -0.4 is 10.2 Å². The Labute approximate surface area is 146 Å². The number of para-hydroxylation sites is 2. The van der Waals surface area contributed by atoms with Gasteiger partial charge in [0.05, 0.1) is 12.2 Å². The van der Waals surface area contributed by atoms with Gasteiger partial charge in [0.15, 0.2) is 0 Å². The highest BCUT2D eigenvalue weighted by atomic mass is 19.1. The number of piperazine rings is 1. The second-order valence-corrected chi connectivity index (χ2v) is 6.26. The first-order valence-corrected chi connectivity index (χ1v) is 8.34. The first-order valence-electron chi connectivity index (χ1n) is 8.34. The lowest BCUT2D eigenvalue weighted by molar-refractivity contribution is -0.117. The van der Waals surface area contributed by atoms with Crippen molar-refractivity contribution >= 4 is 17.3 Å². The Balaban J connectivity index is 1.51. The van der Waals surface area contributed by atoms with Gasteiger partial charge in [-0.1, -0.05) is 18.2 Å². The van der Waals surface area contributed by atoms with Crippen LogP contribution in [-0.4, -0.2) is 48.6 Å². The normalized spacial score (nSPS) is 15.2. The molecule has 25 heavy (non-hydrogen) atoms. The summed E-state index contributed by atoms with van der Waals surface area (Å²) < 4.78 is 13.5. The van der Waals surface area contributed by atoms with E-state index in [-0.39, 0.29) is 24.0 Å². The quantitative estimate of drug-likeness (QED) is 0.896. The summed E-state index contributed by atoms with van der Waals surface area (Å²) in [5.74, 6) is -0.205. The van der Waals surface area contributed by atoms with Gasteiger partial charge < -0.3 is 15.3 Å². The van der Waals surface area contributed by atoms with Crippen LogP contribution in [0.4, 0.5) is 15.8 Å². The number of nitrogens with one attached hydrogen (secondary N) is 1. The van der Waals surface area contributed by atoms with Crippen LogP contribution in [0.1, 0.15) is 5.56 Å². The van der Waals surface area contributed by atoms with E-state index in [9.17, 15) is 14.3 Å². The van der Waals surface area contributed by atoms with Crippen LogP contribution in [0, 0.1) is 12.7 Å². The first kappa shape index (κ1) is 17.2. The van der Waals surface area contributed by atoms with Crippen molar-refractivity contribution < 1.29 is 14.3 Å². The molecule has 0 unspecified atom stereocenters. The van der Waals surface area contributed by atoms with Crippen LogP contribution in [-0.2, 0) is 4.79 Å². The second-order valence-electron chi connectivity index (χ2n) is 6.26. The third-order valence-corrected chi connectivity index (χ3v) is 4.42. The lowest BCUT2D eigenvalue weighted by Gasteiger charge is -2.35. The number of phenolic OH excluding ortho intramolecular Hbond substituents is 1. The maximum Gasteiger partial charge on any atom is 0.238 e. The molecule has 1 fully saturated rings. The van der Waals surface area contributed by atoms with Gasteiger partial charge in [-0.3, -0.25) is 9.69 Å². The van der Waals surface area contributed by atoms with E-state index in [0.29, 0.717) is 11.3 Å². The highest BCUT2D eigenvalue weighted by Crippen LogP contribution is 2.27. The van der Waals surface area contributed by atoms with Crippen molar-refractivity contribution in [2.75, 3.05) is 42.9 Å². The molecule has 132 valence electrons. The average Bonchev–Trinajstić information content (AvgIpc) is 2.59. The number of benzene rings is 2. The molecule has 6 heteroatoms. The van der Waals surface area contributed by atoms with E-state index < -0.39 is 0 Å². The van der Waals surface area contributed by atoms with Crippen LogP contribution in [0.5, 0.6) is 5.75 Å². The lowest BCUT2D eigenvalue weighted by atomic mass is 10.2. The van der Waals surface area contributed by atoms with E-state index in [0.717, 1.165) is 31.9 Å². The van der Waals surface area contributed by atoms with Crippen LogP contribution in [0.2, 0.25) is 0 Å². The van der Waals surface area contributed by atoms with Gasteiger partial charge in [0.1, 0.15) is 11.6 Å². The molecule has 0 aromatic heterocycles. The van der Waals surface area contributed by atoms with Crippen molar-refractivity contribution in [1.29, 1.82) is 0 Å². The number of hydrogen-bond acceptors (Lipinski definition) is 4. The van der Waals surface area contributed by atoms with Gasteiger partial charge in [-0.25, -0.2) is 4.39 Å². The van der Waals surface area contributed by atoms with Crippen molar-refractivity contribution in [1.82, 2.24) is 4.90 Å². The number of halogens is 1. The summed E-state index contributed by atoms with van der Waals surface area (Å²) in [4.78, 5) is 16.3. The third kappa shape index (κ3) is 4.28. The summed E-state index contributed by atoms with van der Waals surface area (Å²) in [6, 6.07) is 12.0. The van der Waals surface area contributed by atoms with Crippen LogP contribution in [0.15, 0.2) is 42.5 Å². The zero-order chi connectivity index (χ0) is 17.8. The van der Waals surface area contributed by atoms with Gasteiger partial charge in [-0.2, -0.15) is 0 Å². The van der Waals surface area contributed by atoms with Gasteiger partial charge in [0, 0.05) is 31.9 Å². The monoisotopic (exact) mass is 343 g/mol. The topological polar surface area (TPSA) is 55.8 Å². The fraction of sp³-hybridized carbons (Fsp3) is 0.316. The SMILES string of the molecule is Cc1ccc(NC(=O)CN2CCN(c3ccccc3O)CC2)cc1F. The van der Waals surface area contributed by atoms with E-state index in [1.807, 2.05) is 12.1 Å². The molecule has 1 heterocycles. The molecular formula is C19H22FN3O2. The standard InChI is InChI=1S/C19H22FN3O2/c1-14-6-7-15(12-16(14)20)21-19(25)13-22-8-10-23(11-9-22)17-4-2-3-5-18(17)24/h2-7,12,24H,8-11,13H2,1H3,(H,21,25). The van der Waals surface area contributed by atoms with Gasteiger partial charge in [0.2, 0.25) is 5.91 Å². The Bertz CT molecular complexity index is 758. The van der Waals surface area contributed by atoms with Gasteiger partial charge in [0.25, 0.3) is 0 Å². The zero-order valence-corrected chi connectivity index (χ0v) is 14.2. The van der Waals surface area contributed by atoms with Gasteiger partial charge in [-0.05, 0) is 36.8 Å². The Morgan fingerprint density at radius 2 is 1.88 bits per heavy atom. The number of aromatic hydroxyl groups is 1. The minimum absolute atomic E-state index is 0.153. The summed E-state index contributed by atoms with van der Waals surface area (Å²) in [5.41, 5.74) is 1.85. The van der Waals surface area contributed by atoms with Crippen molar-refractivity contribution in [2.24, 2.45) is 0 Å². The average molecular weight is 343 g/mol. The maximum atomic E-state index is 13.5. The lowest BCUT2D eigenvalue weighted by Crippen LogP contribution is -2.48. The number of aryl methyl sites for hydroxylation is 1. The minimum atomic E-state index is -0.325. The maximum absolute atomic E-state index is 13.5. The smallest absolute Gasteiger partial charge is 0.238 e. The molecule has 1 aliphatic heterocycles. The molecule has 1 saturated heterocycles. The Morgan fingerprint density at radius 1 is 1.16 bits per heavy atom. The van der Waals surface area contributed by atoms with E-state index in [2.05, 4.69) is 15.1 Å². The fourth-order valence-corrected chi connectivity index (χ4v) is 2.95. The van der Waals surface area contributed by atoms with Crippen LogP contribution in [0.25, 0.3) is 0 Å². The molecule has 0 atom stereocenters. The molecule has 2 aromatic carbocycles. The van der Waals surface area contributed by atoms with Crippen molar-refractivity contribution in [3.05, 3.63) is 53.8 Å². The molecule has 1 aliphatic rings.